The van der Waals surface area contributed by atoms with Crippen LogP contribution in [0.5, 0.6) is 0 Å². The van der Waals surface area contributed by atoms with Crippen LogP contribution in [0.1, 0.15) is 43.2 Å². The van der Waals surface area contributed by atoms with Crippen LogP contribution in [0.25, 0.3) is 0 Å². The van der Waals surface area contributed by atoms with Crippen LogP contribution in [0.2, 0.25) is 0 Å². The standard InChI is InChI=1S/C19H23N3O2/c23-18(13-16-11-12-20-21-19(16)24)22(17-9-5-2-6-10-17)14-15-7-3-1-4-8-15/h1,3-4,7-8,11-12,17H,2,5-6,9-10,13-14H2,(H,21,24). The van der Waals surface area contributed by atoms with Gasteiger partial charge in [0, 0.05) is 24.3 Å². The van der Waals surface area contributed by atoms with E-state index in [4.69, 9.17) is 0 Å². The van der Waals surface area contributed by atoms with Gasteiger partial charge in [0.25, 0.3) is 5.56 Å². The number of nitrogens with one attached hydrogen (secondary N) is 1. The summed E-state index contributed by atoms with van der Waals surface area (Å²) in [5, 5.41) is 6.09. The molecule has 5 nitrogen and oxygen atoms in total. The first-order valence-electron chi connectivity index (χ1n) is 8.60. The highest BCUT2D eigenvalue weighted by molar-refractivity contribution is 5.79. The summed E-state index contributed by atoms with van der Waals surface area (Å²) < 4.78 is 0. The van der Waals surface area contributed by atoms with Crippen LogP contribution in [0.15, 0.2) is 47.4 Å². The third kappa shape index (κ3) is 4.10. The number of carbonyl (C=O) groups is 1. The van der Waals surface area contributed by atoms with Crippen LogP contribution in [-0.4, -0.2) is 27.0 Å². The molecule has 24 heavy (non-hydrogen) atoms. The number of H-pyrrole nitrogens is 1. The summed E-state index contributed by atoms with van der Waals surface area (Å²) in [5.41, 5.74) is 1.32. The van der Waals surface area contributed by atoms with Gasteiger partial charge in [-0.1, -0.05) is 49.6 Å². The van der Waals surface area contributed by atoms with Crippen molar-refractivity contribution in [1.82, 2.24) is 15.1 Å². The summed E-state index contributed by atoms with van der Waals surface area (Å²) in [5.74, 6) is 0.0162. The molecule has 0 saturated heterocycles. The average molecular weight is 325 g/mol. The molecule has 1 aromatic carbocycles. The molecule has 1 saturated carbocycles. The molecular formula is C19H23N3O2. The smallest absolute Gasteiger partial charge is 0.267 e. The van der Waals surface area contributed by atoms with Crippen LogP contribution in [0.3, 0.4) is 0 Å². The average Bonchev–Trinajstić information content (AvgIpc) is 2.63. The fourth-order valence-electron chi connectivity index (χ4n) is 3.37. The zero-order valence-electron chi connectivity index (χ0n) is 13.8. The van der Waals surface area contributed by atoms with E-state index in [1.165, 1.54) is 25.5 Å². The largest absolute Gasteiger partial charge is 0.335 e. The lowest BCUT2D eigenvalue weighted by molar-refractivity contribution is -0.134. The molecule has 126 valence electrons. The lowest BCUT2D eigenvalue weighted by Gasteiger charge is -2.34. The number of amides is 1. The maximum atomic E-state index is 12.9. The molecule has 5 heteroatoms. The van der Waals surface area contributed by atoms with Crippen molar-refractivity contribution in [1.29, 1.82) is 0 Å². The molecule has 0 aliphatic heterocycles. The predicted molar refractivity (Wildman–Crippen MR) is 92.4 cm³/mol. The second-order valence-electron chi connectivity index (χ2n) is 6.39. The Balaban J connectivity index is 1.79. The van der Waals surface area contributed by atoms with Gasteiger partial charge in [-0.25, -0.2) is 5.10 Å². The van der Waals surface area contributed by atoms with E-state index < -0.39 is 0 Å². The van der Waals surface area contributed by atoms with E-state index in [2.05, 4.69) is 10.2 Å². The Bertz CT molecular complexity index is 721. The fraction of sp³-hybridized carbons (Fsp3) is 0.421. The van der Waals surface area contributed by atoms with E-state index in [0.29, 0.717) is 12.1 Å². The molecule has 0 bridgehead atoms. The highest BCUT2D eigenvalue weighted by Gasteiger charge is 2.26. The summed E-state index contributed by atoms with van der Waals surface area (Å²) in [4.78, 5) is 26.7. The van der Waals surface area contributed by atoms with Crippen LogP contribution >= 0.6 is 0 Å². The minimum atomic E-state index is -0.283. The SMILES string of the molecule is O=C(Cc1ccn[nH]c1=O)N(Cc1ccccc1)C1CCCCC1. The van der Waals surface area contributed by atoms with Crippen LogP contribution < -0.4 is 5.56 Å². The van der Waals surface area contributed by atoms with Crippen molar-refractivity contribution in [3.8, 4) is 0 Å². The number of hydrogen-bond donors (Lipinski definition) is 1. The van der Waals surface area contributed by atoms with Gasteiger partial charge >= 0.3 is 0 Å². The van der Waals surface area contributed by atoms with Gasteiger partial charge in [-0.15, -0.1) is 0 Å². The molecule has 1 heterocycles. The van der Waals surface area contributed by atoms with E-state index in [-0.39, 0.29) is 23.9 Å². The van der Waals surface area contributed by atoms with Gasteiger partial charge in [-0.2, -0.15) is 5.10 Å². The number of carbonyl (C=O) groups excluding carboxylic acids is 1. The minimum absolute atomic E-state index is 0.0162. The van der Waals surface area contributed by atoms with Gasteiger partial charge in [-0.05, 0) is 24.5 Å². The molecule has 0 radical (unpaired) electrons. The van der Waals surface area contributed by atoms with Crippen LogP contribution in [0, 0.1) is 0 Å². The first-order valence-corrected chi connectivity index (χ1v) is 8.60. The molecule has 0 atom stereocenters. The lowest BCUT2D eigenvalue weighted by Crippen LogP contribution is -2.42. The Morgan fingerprint density at radius 2 is 1.88 bits per heavy atom. The van der Waals surface area contributed by atoms with Crippen molar-refractivity contribution in [2.24, 2.45) is 0 Å². The molecule has 1 aromatic heterocycles. The number of hydrogen-bond acceptors (Lipinski definition) is 3. The second-order valence-corrected chi connectivity index (χ2v) is 6.39. The Kier molecular flexibility index (Phi) is 5.41. The number of rotatable bonds is 5. The molecule has 1 aliphatic carbocycles. The minimum Gasteiger partial charge on any atom is -0.335 e. The number of aromatic nitrogens is 2. The number of benzene rings is 1. The molecule has 1 aliphatic rings. The van der Waals surface area contributed by atoms with Gasteiger partial charge in [-0.3, -0.25) is 9.59 Å². The normalized spacial score (nSPS) is 15.2. The van der Waals surface area contributed by atoms with Crippen LogP contribution in [-0.2, 0) is 17.8 Å². The Labute approximate surface area is 141 Å². The predicted octanol–water partition coefficient (Wildman–Crippen LogP) is 2.67. The Morgan fingerprint density at radius 1 is 1.12 bits per heavy atom. The first kappa shape index (κ1) is 16.4. The van der Waals surface area contributed by atoms with Crippen molar-refractivity contribution in [2.45, 2.75) is 51.1 Å². The van der Waals surface area contributed by atoms with Crippen molar-refractivity contribution < 1.29 is 4.79 Å². The molecule has 3 rings (SSSR count). The maximum absolute atomic E-state index is 12.9. The first-order chi connectivity index (χ1) is 11.7. The van der Waals surface area contributed by atoms with Gasteiger partial charge in [0.2, 0.25) is 5.91 Å². The van der Waals surface area contributed by atoms with Crippen molar-refractivity contribution in [3.63, 3.8) is 0 Å². The van der Waals surface area contributed by atoms with E-state index in [1.54, 1.807) is 6.07 Å². The van der Waals surface area contributed by atoms with E-state index >= 15 is 0 Å². The maximum Gasteiger partial charge on any atom is 0.267 e. The molecule has 1 amide bonds. The van der Waals surface area contributed by atoms with E-state index in [9.17, 15) is 9.59 Å². The fourth-order valence-corrected chi connectivity index (χ4v) is 3.37. The Morgan fingerprint density at radius 3 is 2.58 bits per heavy atom. The topological polar surface area (TPSA) is 66.1 Å². The third-order valence-electron chi connectivity index (χ3n) is 4.68. The third-order valence-corrected chi connectivity index (χ3v) is 4.68. The van der Waals surface area contributed by atoms with Crippen molar-refractivity contribution >= 4 is 5.91 Å². The Hall–Kier alpha value is -2.43. The summed E-state index contributed by atoms with van der Waals surface area (Å²) in [6.07, 6.45) is 7.32. The van der Waals surface area contributed by atoms with Crippen molar-refractivity contribution in [3.05, 3.63) is 64.1 Å². The van der Waals surface area contributed by atoms with Gasteiger partial charge in [0.05, 0.1) is 6.42 Å². The number of aromatic amines is 1. The molecule has 1 N–H and O–H groups in total. The molecule has 1 fully saturated rings. The monoisotopic (exact) mass is 325 g/mol. The van der Waals surface area contributed by atoms with Gasteiger partial charge < -0.3 is 4.90 Å². The highest BCUT2D eigenvalue weighted by atomic mass is 16.2. The molecule has 0 unspecified atom stereocenters. The zero-order valence-corrected chi connectivity index (χ0v) is 13.8. The van der Waals surface area contributed by atoms with Gasteiger partial charge in [0.1, 0.15) is 0 Å². The summed E-state index contributed by atoms with van der Waals surface area (Å²) in [7, 11) is 0. The molecule has 0 spiro atoms. The summed E-state index contributed by atoms with van der Waals surface area (Å²) in [6, 6.07) is 11.9. The quantitative estimate of drug-likeness (QED) is 0.919. The van der Waals surface area contributed by atoms with Gasteiger partial charge in [0.15, 0.2) is 0 Å². The van der Waals surface area contributed by atoms with E-state index in [1.807, 2.05) is 35.2 Å². The van der Waals surface area contributed by atoms with E-state index in [0.717, 1.165) is 18.4 Å². The summed E-state index contributed by atoms with van der Waals surface area (Å²) >= 11 is 0. The molecular weight excluding hydrogens is 302 g/mol. The number of nitrogens with zero attached hydrogens (tertiary/aromatic N) is 2. The highest BCUT2D eigenvalue weighted by Crippen LogP contribution is 2.24. The van der Waals surface area contributed by atoms with Crippen molar-refractivity contribution in [2.75, 3.05) is 0 Å². The van der Waals surface area contributed by atoms with Crippen LogP contribution in [0.4, 0.5) is 0 Å². The summed E-state index contributed by atoms with van der Waals surface area (Å²) in [6.45, 7) is 0.604. The molecule has 2 aromatic rings. The second kappa shape index (κ2) is 7.90. The zero-order chi connectivity index (χ0) is 16.8. The lowest BCUT2D eigenvalue weighted by atomic mass is 9.93.